The number of nitrogens with one attached hydrogen (secondary N) is 1. The van der Waals surface area contributed by atoms with Crippen molar-refractivity contribution in [2.45, 2.75) is 18.9 Å². The van der Waals surface area contributed by atoms with E-state index in [9.17, 15) is 23.5 Å². The number of amides is 2. The molecule has 1 aliphatic carbocycles. The largest absolute Gasteiger partial charge is 0.391 e. The van der Waals surface area contributed by atoms with Crippen LogP contribution in [0.5, 0.6) is 0 Å². The monoisotopic (exact) mass is 312 g/mol. The number of carbonyl (C=O) groups excluding carboxylic acids is 2. The summed E-state index contributed by atoms with van der Waals surface area (Å²) in [6.45, 7) is -0.0593. The predicted molar refractivity (Wildman–Crippen MR) is 75.1 cm³/mol. The first-order valence-corrected chi connectivity index (χ1v) is 7.03. The van der Waals surface area contributed by atoms with E-state index in [2.05, 4.69) is 5.32 Å². The topological polar surface area (TPSA) is 69.6 Å². The van der Waals surface area contributed by atoms with Gasteiger partial charge in [0, 0.05) is 19.2 Å². The van der Waals surface area contributed by atoms with Crippen LogP contribution in [0.25, 0.3) is 0 Å². The minimum Gasteiger partial charge on any atom is -0.391 e. The van der Waals surface area contributed by atoms with Crippen LogP contribution in [0, 0.1) is 17.6 Å². The molecule has 0 bridgehead atoms. The van der Waals surface area contributed by atoms with Gasteiger partial charge in [0.05, 0.1) is 12.6 Å². The van der Waals surface area contributed by atoms with Crippen LogP contribution in [0.3, 0.4) is 0 Å². The summed E-state index contributed by atoms with van der Waals surface area (Å²) in [5.41, 5.74) is -0.0626. The summed E-state index contributed by atoms with van der Waals surface area (Å²) in [7, 11) is 1.54. The van der Waals surface area contributed by atoms with Gasteiger partial charge in [0.15, 0.2) is 11.6 Å². The Bertz CT molecular complexity index is 576. The molecule has 2 N–H and O–H groups in total. The SMILES string of the molecule is CN(CC(O)C1CC1)C(=O)CNC(=O)c1ccc(F)c(F)c1. The zero-order valence-electron chi connectivity index (χ0n) is 12.2. The summed E-state index contributed by atoms with van der Waals surface area (Å²) < 4.78 is 25.8. The number of aliphatic hydroxyl groups is 1. The fraction of sp³-hybridized carbons (Fsp3) is 0.467. The smallest absolute Gasteiger partial charge is 0.251 e. The zero-order valence-corrected chi connectivity index (χ0v) is 12.2. The lowest BCUT2D eigenvalue weighted by atomic mass is 10.2. The number of nitrogens with zero attached hydrogens (tertiary/aromatic N) is 1. The number of likely N-dealkylation sites (N-methyl/N-ethyl adjacent to an activating group) is 1. The van der Waals surface area contributed by atoms with Gasteiger partial charge in [-0.25, -0.2) is 8.78 Å². The first-order valence-electron chi connectivity index (χ1n) is 7.03. The van der Waals surface area contributed by atoms with Crippen molar-refractivity contribution in [2.24, 2.45) is 5.92 Å². The second kappa shape index (κ2) is 6.83. The number of carbonyl (C=O) groups is 2. The number of aliphatic hydroxyl groups excluding tert-OH is 1. The van der Waals surface area contributed by atoms with Gasteiger partial charge in [-0.05, 0) is 37.0 Å². The summed E-state index contributed by atoms with van der Waals surface area (Å²) in [5.74, 6) is -2.93. The number of rotatable bonds is 6. The van der Waals surface area contributed by atoms with Crippen LogP contribution < -0.4 is 5.32 Å². The van der Waals surface area contributed by atoms with Crippen molar-refractivity contribution in [3.05, 3.63) is 35.4 Å². The molecule has 0 saturated heterocycles. The summed E-state index contributed by atoms with van der Waals surface area (Å²) in [5, 5.41) is 12.1. The standard InChI is InChI=1S/C15H18F2N2O3/c1-19(8-13(20)9-2-3-9)14(21)7-18-15(22)10-4-5-11(16)12(17)6-10/h4-6,9,13,20H,2-3,7-8H2,1H3,(H,18,22). The third kappa shape index (κ3) is 4.24. The van der Waals surface area contributed by atoms with Gasteiger partial charge in [-0.15, -0.1) is 0 Å². The molecular formula is C15H18F2N2O3. The Hall–Kier alpha value is -2.02. The van der Waals surface area contributed by atoms with Crippen LogP contribution in [0.4, 0.5) is 8.78 Å². The van der Waals surface area contributed by atoms with Gasteiger partial charge in [-0.1, -0.05) is 0 Å². The number of halogens is 2. The molecule has 1 fully saturated rings. The van der Waals surface area contributed by atoms with Gasteiger partial charge >= 0.3 is 0 Å². The first-order chi connectivity index (χ1) is 10.4. The van der Waals surface area contributed by atoms with Gasteiger partial charge in [0.1, 0.15) is 0 Å². The van der Waals surface area contributed by atoms with Crippen molar-refractivity contribution in [3.63, 3.8) is 0 Å². The molecule has 120 valence electrons. The molecule has 22 heavy (non-hydrogen) atoms. The normalized spacial score (nSPS) is 15.3. The number of hydrogen-bond acceptors (Lipinski definition) is 3. The van der Waals surface area contributed by atoms with Crippen molar-refractivity contribution in [3.8, 4) is 0 Å². The molecule has 1 atom stereocenters. The van der Waals surface area contributed by atoms with Crippen LogP contribution in [0.1, 0.15) is 23.2 Å². The van der Waals surface area contributed by atoms with Gasteiger partial charge in [0.25, 0.3) is 5.91 Å². The van der Waals surface area contributed by atoms with Crippen LogP contribution in [0.2, 0.25) is 0 Å². The molecule has 1 unspecified atom stereocenters. The lowest BCUT2D eigenvalue weighted by Gasteiger charge is -2.20. The maximum atomic E-state index is 13.0. The molecule has 2 amide bonds. The minimum absolute atomic E-state index is 0.0626. The second-order valence-corrected chi connectivity index (χ2v) is 5.49. The molecule has 1 aliphatic rings. The second-order valence-electron chi connectivity index (χ2n) is 5.49. The molecule has 1 saturated carbocycles. The lowest BCUT2D eigenvalue weighted by molar-refractivity contribution is -0.130. The Morgan fingerprint density at radius 1 is 1.36 bits per heavy atom. The average molecular weight is 312 g/mol. The molecular weight excluding hydrogens is 294 g/mol. The van der Waals surface area contributed by atoms with E-state index in [-0.39, 0.29) is 30.5 Å². The summed E-state index contributed by atoms with van der Waals surface area (Å²) >= 11 is 0. The Balaban J connectivity index is 1.81. The van der Waals surface area contributed by atoms with Crippen molar-refractivity contribution in [1.29, 1.82) is 0 Å². The maximum Gasteiger partial charge on any atom is 0.251 e. The lowest BCUT2D eigenvalue weighted by Crippen LogP contribution is -2.41. The van der Waals surface area contributed by atoms with Gasteiger partial charge in [-0.3, -0.25) is 9.59 Å². The van der Waals surface area contributed by atoms with Crippen molar-refractivity contribution < 1.29 is 23.5 Å². The van der Waals surface area contributed by atoms with E-state index in [1.54, 1.807) is 0 Å². The molecule has 1 aromatic carbocycles. The quantitative estimate of drug-likeness (QED) is 0.821. The fourth-order valence-corrected chi connectivity index (χ4v) is 2.04. The van der Waals surface area contributed by atoms with E-state index >= 15 is 0 Å². The Kier molecular flexibility index (Phi) is 5.07. The summed E-state index contributed by atoms with van der Waals surface area (Å²) in [6, 6.07) is 2.76. The van der Waals surface area contributed by atoms with E-state index in [1.807, 2.05) is 0 Å². The highest BCUT2D eigenvalue weighted by Crippen LogP contribution is 2.32. The van der Waals surface area contributed by atoms with Gasteiger partial charge < -0.3 is 15.3 Å². The van der Waals surface area contributed by atoms with Crippen LogP contribution >= 0.6 is 0 Å². The predicted octanol–water partition coefficient (Wildman–Crippen LogP) is 0.924. The minimum atomic E-state index is -1.12. The highest BCUT2D eigenvalue weighted by Gasteiger charge is 2.31. The average Bonchev–Trinajstić information content (AvgIpc) is 3.31. The molecule has 0 aromatic heterocycles. The third-order valence-corrected chi connectivity index (χ3v) is 3.63. The molecule has 0 radical (unpaired) electrons. The molecule has 7 heteroatoms. The highest BCUT2D eigenvalue weighted by molar-refractivity contribution is 5.96. The van der Waals surface area contributed by atoms with E-state index < -0.39 is 23.6 Å². The molecule has 0 heterocycles. The van der Waals surface area contributed by atoms with Crippen molar-refractivity contribution >= 4 is 11.8 Å². The Labute approximate surface area is 126 Å². The van der Waals surface area contributed by atoms with Gasteiger partial charge in [0.2, 0.25) is 5.91 Å². The molecule has 2 rings (SSSR count). The van der Waals surface area contributed by atoms with Crippen LogP contribution in [0.15, 0.2) is 18.2 Å². The molecule has 5 nitrogen and oxygen atoms in total. The Morgan fingerprint density at radius 3 is 2.64 bits per heavy atom. The van der Waals surface area contributed by atoms with Crippen molar-refractivity contribution in [1.82, 2.24) is 10.2 Å². The third-order valence-electron chi connectivity index (χ3n) is 3.63. The first kappa shape index (κ1) is 16.4. The van der Waals surface area contributed by atoms with E-state index in [4.69, 9.17) is 0 Å². The molecule has 1 aromatic rings. The van der Waals surface area contributed by atoms with Crippen LogP contribution in [-0.4, -0.2) is 48.1 Å². The van der Waals surface area contributed by atoms with Crippen LogP contribution in [-0.2, 0) is 4.79 Å². The van der Waals surface area contributed by atoms with E-state index in [0.717, 1.165) is 31.0 Å². The number of benzene rings is 1. The highest BCUT2D eigenvalue weighted by atomic mass is 19.2. The maximum absolute atomic E-state index is 13.0. The Morgan fingerprint density at radius 2 is 2.05 bits per heavy atom. The van der Waals surface area contributed by atoms with Gasteiger partial charge in [-0.2, -0.15) is 0 Å². The summed E-state index contributed by atoms with van der Waals surface area (Å²) in [4.78, 5) is 24.9. The number of hydrogen-bond donors (Lipinski definition) is 2. The fourth-order valence-electron chi connectivity index (χ4n) is 2.04. The molecule has 0 spiro atoms. The van der Waals surface area contributed by atoms with Crippen molar-refractivity contribution in [2.75, 3.05) is 20.1 Å². The van der Waals surface area contributed by atoms with E-state index in [1.165, 1.54) is 11.9 Å². The van der Waals surface area contributed by atoms with E-state index in [0.29, 0.717) is 0 Å². The molecule has 0 aliphatic heterocycles. The zero-order chi connectivity index (χ0) is 16.3. The summed E-state index contributed by atoms with van der Waals surface area (Å²) in [6.07, 6.45) is 1.39.